The van der Waals surface area contributed by atoms with Crippen molar-refractivity contribution in [2.75, 3.05) is 20.3 Å². The second-order valence-electron chi connectivity index (χ2n) is 3.08. The van der Waals surface area contributed by atoms with Crippen LogP contribution in [0.25, 0.3) is 6.08 Å². The molecule has 0 saturated carbocycles. The molecular weight excluding hydrogens is 256 g/mol. The molecule has 82 valence electrons. The lowest BCUT2D eigenvalue weighted by atomic mass is 10.2. The Labute approximate surface area is 99.0 Å². The van der Waals surface area contributed by atoms with E-state index in [1.165, 1.54) is 0 Å². The third kappa shape index (κ3) is 4.06. The minimum atomic E-state index is 0.658. The van der Waals surface area contributed by atoms with Crippen molar-refractivity contribution in [3.8, 4) is 5.75 Å². The molecule has 0 fully saturated rings. The van der Waals surface area contributed by atoms with Crippen LogP contribution in [0.3, 0.4) is 0 Å². The third-order valence-electron chi connectivity index (χ3n) is 1.95. The molecule has 0 saturated heterocycles. The van der Waals surface area contributed by atoms with Gasteiger partial charge in [-0.05, 0) is 12.1 Å². The van der Waals surface area contributed by atoms with Crippen LogP contribution >= 0.6 is 15.9 Å². The standard InChI is InChI=1S/C12H15BrO2/c1-3-10-5-6-11(13)9-12(10)15-8-4-7-14-2/h3,5-6,9H,1,4,7-8H2,2H3. The highest BCUT2D eigenvalue weighted by Crippen LogP contribution is 2.24. The van der Waals surface area contributed by atoms with Gasteiger partial charge in [0.15, 0.2) is 0 Å². The van der Waals surface area contributed by atoms with Gasteiger partial charge in [0, 0.05) is 30.2 Å². The number of halogens is 1. The minimum Gasteiger partial charge on any atom is -0.493 e. The maximum atomic E-state index is 5.63. The Morgan fingerprint density at radius 3 is 2.87 bits per heavy atom. The van der Waals surface area contributed by atoms with Crippen LogP contribution in [0.1, 0.15) is 12.0 Å². The summed E-state index contributed by atoms with van der Waals surface area (Å²) < 4.78 is 11.6. The molecule has 0 spiro atoms. The summed E-state index contributed by atoms with van der Waals surface area (Å²) in [5.41, 5.74) is 1.01. The van der Waals surface area contributed by atoms with Gasteiger partial charge in [-0.1, -0.05) is 34.7 Å². The van der Waals surface area contributed by atoms with Crippen LogP contribution in [-0.4, -0.2) is 20.3 Å². The van der Waals surface area contributed by atoms with Gasteiger partial charge in [0.2, 0.25) is 0 Å². The summed E-state index contributed by atoms with van der Waals surface area (Å²) in [6.07, 6.45) is 2.68. The number of hydrogen-bond donors (Lipinski definition) is 0. The largest absolute Gasteiger partial charge is 0.493 e. The summed E-state index contributed by atoms with van der Waals surface area (Å²) in [4.78, 5) is 0. The molecular formula is C12H15BrO2. The molecule has 0 amide bonds. The molecule has 0 atom stereocenters. The first-order chi connectivity index (χ1) is 7.27. The molecule has 1 aromatic carbocycles. The molecule has 0 unspecified atom stereocenters. The van der Waals surface area contributed by atoms with E-state index in [2.05, 4.69) is 22.5 Å². The Morgan fingerprint density at radius 2 is 2.20 bits per heavy atom. The smallest absolute Gasteiger partial charge is 0.127 e. The average Bonchev–Trinajstić information content (AvgIpc) is 2.25. The van der Waals surface area contributed by atoms with Crippen LogP contribution in [0.5, 0.6) is 5.75 Å². The van der Waals surface area contributed by atoms with Crippen molar-refractivity contribution in [2.45, 2.75) is 6.42 Å². The quantitative estimate of drug-likeness (QED) is 0.737. The fraction of sp³-hybridized carbons (Fsp3) is 0.333. The summed E-state index contributed by atoms with van der Waals surface area (Å²) in [5, 5.41) is 0. The first-order valence-electron chi connectivity index (χ1n) is 4.81. The second-order valence-corrected chi connectivity index (χ2v) is 4.00. The number of rotatable bonds is 6. The van der Waals surface area contributed by atoms with Gasteiger partial charge in [0.05, 0.1) is 6.61 Å². The molecule has 0 aliphatic carbocycles. The summed E-state index contributed by atoms with van der Waals surface area (Å²) >= 11 is 3.41. The van der Waals surface area contributed by atoms with Crippen LogP contribution in [0.2, 0.25) is 0 Å². The van der Waals surface area contributed by atoms with Crippen LogP contribution < -0.4 is 4.74 Å². The summed E-state index contributed by atoms with van der Waals surface area (Å²) in [7, 11) is 1.69. The van der Waals surface area contributed by atoms with Crippen LogP contribution in [0, 0.1) is 0 Å². The highest BCUT2D eigenvalue weighted by Gasteiger charge is 2.01. The first kappa shape index (κ1) is 12.3. The van der Waals surface area contributed by atoms with Gasteiger partial charge in [-0.15, -0.1) is 0 Å². The normalized spacial score (nSPS) is 10.0. The van der Waals surface area contributed by atoms with Crippen molar-refractivity contribution >= 4 is 22.0 Å². The number of benzene rings is 1. The third-order valence-corrected chi connectivity index (χ3v) is 2.44. The Bertz CT molecular complexity index is 323. The average molecular weight is 271 g/mol. The van der Waals surface area contributed by atoms with E-state index in [0.29, 0.717) is 6.61 Å². The van der Waals surface area contributed by atoms with Crippen molar-refractivity contribution < 1.29 is 9.47 Å². The number of methoxy groups -OCH3 is 1. The SMILES string of the molecule is C=Cc1ccc(Br)cc1OCCCOC. The van der Waals surface area contributed by atoms with E-state index in [1.807, 2.05) is 18.2 Å². The zero-order valence-corrected chi connectivity index (χ0v) is 10.4. The van der Waals surface area contributed by atoms with Gasteiger partial charge < -0.3 is 9.47 Å². The van der Waals surface area contributed by atoms with Gasteiger partial charge >= 0.3 is 0 Å². The number of ether oxygens (including phenoxy) is 2. The summed E-state index contributed by atoms with van der Waals surface area (Å²) in [6, 6.07) is 5.89. The van der Waals surface area contributed by atoms with Crippen LogP contribution in [-0.2, 0) is 4.74 Å². The summed E-state index contributed by atoms with van der Waals surface area (Å²) in [5.74, 6) is 0.857. The zero-order chi connectivity index (χ0) is 11.1. The van der Waals surface area contributed by atoms with Gasteiger partial charge in [-0.25, -0.2) is 0 Å². The Morgan fingerprint density at radius 1 is 1.40 bits per heavy atom. The lowest BCUT2D eigenvalue weighted by molar-refractivity contribution is 0.172. The van der Waals surface area contributed by atoms with Crippen LogP contribution in [0.4, 0.5) is 0 Å². The lowest BCUT2D eigenvalue weighted by Gasteiger charge is -2.09. The minimum absolute atomic E-state index is 0.658. The van der Waals surface area contributed by atoms with Gasteiger partial charge in [-0.3, -0.25) is 0 Å². The van der Waals surface area contributed by atoms with E-state index in [1.54, 1.807) is 13.2 Å². The molecule has 0 aliphatic heterocycles. The highest BCUT2D eigenvalue weighted by molar-refractivity contribution is 9.10. The maximum absolute atomic E-state index is 5.63. The molecule has 15 heavy (non-hydrogen) atoms. The lowest BCUT2D eigenvalue weighted by Crippen LogP contribution is -2.02. The maximum Gasteiger partial charge on any atom is 0.127 e. The molecule has 0 N–H and O–H groups in total. The second kappa shape index (κ2) is 6.64. The topological polar surface area (TPSA) is 18.5 Å². The molecule has 1 rings (SSSR count). The van der Waals surface area contributed by atoms with E-state index in [0.717, 1.165) is 28.8 Å². The van der Waals surface area contributed by atoms with E-state index >= 15 is 0 Å². The first-order valence-corrected chi connectivity index (χ1v) is 5.61. The Kier molecular flexibility index (Phi) is 5.43. The van der Waals surface area contributed by atoms with Gasteiger partial charge in [0.25, 0.3) is 0 Å². The predicted molar refractivity (Wildman–Crippen MR) is 66.2 cm³/mol. The highest BCUT2D eigenvalue weighted by atomic mass is 79.9. The molecule has 0 bridgehead atoms. The molecule has 1 aromatic rings. The van der Waals surface area contributed by atoms with E-state index in [-0.39, 0.29) is 0 Å². The zero-order valence-electron chi connectivity index (χ0n) is 8.83. The molecule has 2 nitrogen and oxygen atoms in total. The predicted octanol–water partition coefficient (Wildman–Crippen LogP) is 3.51. The Hall–Kier alpha value is -0.800. The molecule has 0 heterocycles. The number of hydrogen-bond acceptors (Lipinski definition) is 2. The van der Waals surface area contributed by atoms with Crippen molar-refractivity contribution in [1.82, 2.24) is 0 Å². The fourth-order valence-corrected chi connectivity index (χ4v) is 1.53. The van der Waals surface area contributed by atoms with E-state index in [9.17, 15) is 0 Å². The Balaban J connectivity index is 2.58. The molecule has 0 aromatic heterocycles. The van der Waals surface area contributed by atoms with Crippen LogP contribution in [0.15, 0.2) is 29.3 Å². The van der Waals surface area contributed by atoms with Gasteiger partial charge in [-0.2, -0.15) is 0 Å². The molecule has 0 radical (unpaired) electrons. The van der Waals surface area contributed by atoms with Gasteiger partial charge in [0.1, 0.15) is 5.75 Å². The molecule has 3 heteroatoms. The van der Waals surface area contributed by atoms with E-state index in [4.69, 9.17) is 9.47 Å². The fourth-order valence-electron chi connectivity index (χ4n) is 1.19. The van der Waals surface area contributed by atoms with E-state index < -0.39 is 0 Å². The van der Waals surface area contributed by atoms with Crippen molar-refractivity contribution in [3.63, 3.8) is 0 Å². The summed E-state index contributed by atoms with van der Waals surface area (Å²) in [6.45, 7) is 5.12. The molecule has 0 aliphatic rings. The van der Waals surface area contributed by atoms with Crippen molar-refractivity contribution in [1.29, 1.82) is 0 Å². The van der Waals surface area contributed by atoms with Crippen molar-refractivity contribution in [3.05, 3.63) is 34.8 Å². The monoisotopic (exact) mass is 270 g/mol. The van der Waals surface area contributed by atoms with Crippen molar-refractivity contribution in [2.24, 2.45) is 0 Å².